The van der Waals surface area contributed by atoms with Gasteiger partial charge >= 0.3 is 0 Å². The number of hydrogen-bond donors (Lipinski definition) is 1. The monoisotopic (exact) mass is 286 g/mol. The quantitative estimate of drug-likeness (QED) is 0.430. The Kier molecular flexibility index (Phi) is 7.40. The van der Waals surface area contributed by atoms with E-state index in [4.69, 9.17) is 16.3 Å². The molecule has 0 atom stereocenters. The van der Waals surface area contributed by atoms with Crippen LogP contribution in [0, 0.1) is 10.1 Å². The molecule has 0 amide bonds. The van der Waals surface area contributed by atoms with Gasteiger partial charge in [-0.3, -0.25) is 10.1 Å². The largest absolute Gasteiger partial charge is 0.381 e. The molecule has 0 aliphatic rings. The smallest absolute Gasteiger partial charge is 0.269 e. The van der Waals surface area contributed by atoms with Crippen LogP contribution in [0.3, 0.4) is 0 Å². The lowest BCUT2D eigenvalue weighted by atomic mass is 10.2. The molecule has 0 aliphatic carbocycles. The van der Waals surface area contributed by atoms with E-state index < -0.39 is 4.92 Å². The van der Waals surface area contributed by atoms with Crippen LogP contribution in [0.1, 0.15) is 25.3 Å². The normalized spacial score (nSPS) is 10.6. The number of benzene rings is 1. The second-order valence-corrected chi connectivity index (χ2v) is 4.58. The first kappa shape index (κ1) is 15.9. The number of hydrogen-bond acceptors (Lipinski definition) is 4. The van der Waals surface area contributed by atoms with Crippen molar-refractivity contribution in [1.29, 1.82) is 0 Å². The van der Waals surface area contributed by atoms with Crippen LogP contribution in [0.5, 0.6) is 0 Å². The van der Waals surface area contributed by atoms with Crippen LogP contribution >= 0.6 is 11.6 Å². The van der Waals surface area contributed by atoms with E-state index in [1.165, 1.54) is 12.1 Å². The summed E-state index contributed by atoms with van der Waals surface area (Å²) in [7, 11) is 0. The Labute approximate surface area is 118 Å². The third-order valence-electron chi connectivity index (χ3n) is 2.55. The fourth-order valence-electron chi connectivity index (χ4n) is 1.58. The van der Waals surface area contributed by atoms with Crippen molar-refractivity contribution in [1.82, 2.24) is 5.32 Å². The summed E-state index contributed by atoms with van der Waals surface area (Å²) < 4.78 is 5.35. The van der Waals surface area contributed by atoms with Crippen molar-refractivity contribution in [2.45, 2.75) is 26.3 Å². The molecule has 6 heteroatoms. The summed E-state index contributed by atoms with van der Waals surface area (Å²) >= 11 is 5.99. The maximum Gasteiger partial charge on any atom is 0.269 e. The number of ether oxygens (including phenoxy) is 1. The van der Waals surface area contributed by atoms with E-state index >= 15 is 0 Å². The maximum atomic E-state index is 10.7. The van der Waals surface area contributed by atoms with E-state index in [1.54, 1.807) is 6.07 Å². The molecule has 0 heterocycles. The van der Waals surface area contributed by atoms with Gasteiger partial charge in [0.2, 0.25) is 0 Å². The van der Waals surface area contributed by atoms with Gasteiger partial charge in [-0.2, -0.15) is 0 Å². The van der Waals surface area contributed by atoms with Crippen LogP contribution in [0.15, 0.2) is 18.2 Å². The van der Waals surface area contributed by atoms with E-state index in [1.807, 2.05) is 0 Å². The zero-order valence-electron chi connectivity index (χ0n) is 11.0. The van der Waals surface area contributed by atoms with Gasteiger partial charge in [-0.1, -0.05) is 18.5 Å². The van der Waals surface area contributed by atoms with Crippen molar-refractivity contribution in [2.75, 3.05) is 19.8 Å². The minimum Gasteiger partial charge on any atom is -0.381 e. The molecule has 0 aromatic heterocycles. The molecule has 0 spiro atoms. The third kappa shape index (κ3) is 6.00. The van der Waals surface area contributed by atoms with Gasteiger partial charge in [0, 0.05) is 36.9 Å². The molecule has 1 N–H and O–H groups in total. The summed E-state index contributed by atoms with van der Waals surface area (Å²) in [6.45, 7) is 4.90. The molecular formula is C13H19ClN2O3. The molecule has 0 fully saturated rings. The van der Waals surface area contributed by atoms with Crippen LogP contribution in [0.4, 0.5) is 5.69 Å². The molecule has 0 radical (unpaired) electrons. The topological polar surface area (TPSA) is 64.4 Å². The van der Waals surface area contributed by atoms with Crippen molar-refractivity contribution in [2.24, 2.45) is 0 Å². The molecule has 19 heavy (non-hydrogen) atoms. The third-order valence-corrected chi connectivity index (χ3v) is 2.91. The number of nitro benzene ring substituents is 1. The number of halogens is 1. The summed E-state index contributed by atoms with van der Waals surface area (Å²) in [5.41, 5.74) is 0.804. The predicted molar refractivity (Wildman–Crippen MR) is 75.5 cm³/mol. The zero-order chi connectivity index (χ0) is 14.1. The lowest BCUT2D eigenvalue weighted by molar-refractivity contribution is -0.384. The van der Waals surface area contributed by atoms with Crippen LogP contribution in [-0.2, 0) is 11.3 Å². The highest BCUT2D eigenvalue weighted by molar-refractivity contribution is 6.31. The molecule has 0 saturated heterocycles. The summed E-state index contributed by atoms with van der Waals surface area (Å²) in [6.07, 6.45) is 1.93. The van der Waals surface area contributed by atoms with Gasteiger partial charge in [0.15, 0.2) is 0 Å². The minimum atomic E-state index is -0.418. The highest BCUT2D eigenvalue weighted by Gasteiger charge is 2.09. The number of rotatable bonds is 9. The Bertz CT molecular complexity index is 413. The Morgan fingerprint density at radius 3 is 2.89 bits per heavy atom. The molecule has 0 aliphatic heterocycles. The first-order valence-electron chi connectivity index (χ1n) is 6.36. The van der Waals surface area contributed by atoms with Crippen molar-refractivity contribution in [3.63, 3.8) is 0 Å². The predicted octanol–water partition coefficient (Wildman–Crippen LogP) is 3.15. The van der Waals surface area contributed by atoms with Gasteiger partial charge in [0.05, 0.1) is 4.92 Å². The standard InChI is InChI=1S/C13H19ClN2O3/c1-2-7-19-8-3-6-15-10-11-9-12(16(17)18)4-5-13(11)14/h4-5,9,15H,2-3,6-8,10H2,1H3. The molecule has 0 saturated carbocycles. The average Bonchev–Trinajstić information content (AvgIpc) is 2.39. The Morgan fingerprint density at radius 2 is 2.21 bits per heavy atom. The van der Waals surface area contributed by atoms with Gasteiger partial charge in [-0.05, 0) is 31.0 Å². The van der Waals surface area contributed by atoms with E-state index in [0.29, 0.717) is 11.6 Å². The first-order valence-corrected chi connectivity index (χ1v) is 6.74. The Morgan fingerprint density at radius 1 is 1.42 bits per heavy atom. The Balaban J connectivity index is 2.32. The Hall–Kier alpha value is -1.17. The highest BCUT2D eigenvalue weighted by Crippen LogP contribution is 2.21. The maximum absolute atomic E-state index is 10.7. The fourth-order valence-corrected chi connectivity index (χ4v) is 1.76. The number of nitro groups is 1. The van der Waals surface area contributed by atoms with Gasteiger partial charge in [-0.15, -0.1) is 0 Å². The zero-order valence-corrected chi connectivity index (χ0v) is 11.8. The van der Waals surface area contributed by atoms with Crippen molar-refractivity contribution in [3.05, 3.63) is 38.9 Å². The van der Waals surface area contributed by atoms with Crippen LogP contribution in [-0.4, -0.2) is 24.7 Å². The summed E-state index contributed by atoms with van der Waals surface area (Å²) in [6, 6.07) is 4.47. The summed E-state index contributed by atoms with van der Waals surface area (Å²) in [5, 5.41) is 14.4. The van der Waals surface area contributed by atoms with Gasteiger partial charge in [-0.25, -0.2) is 0 Å². The number of non-ortho nitro benzene ring substituents is 1. The lowest BCUT2D eigenvalue weighted by Gasteiger charge is -2.07. The van der Waals surface area contributed by atoms with E-state index in [-0.39, 0.29) is 5.69 Å². The van der Waals surface area contributed by atoms with Crippen molar-refractivity contribution < 1.29 is 9.66 Å². The van der Waals surface area contributed by atoms with Crippen LogP contribution in [0.25, 0.3) is 0 Å². The van der Waals surface area contributed by atoms with Crippen LogP contribution < -0.4 is 5.32 Å². The van der Waals surface area contributed by atoms with Gasteiger partial charge in [0.25, 0.3) is 5.69 Å². The molecule has 0 unspecified atom stereocenters. The van der Waals surface area contributed by atoms with Gasteiger partial charge in [0.1, 0.15) is 0 Å². The van der Waals surface area contributed by atoms with Crippen LogP contribution in [0.2, 0.25) is 5.02 Å². The number of nitrogens with one attached hydrogen (secondary N) is 1. The first-order chi connectivity index (χ1) is 9.15. The highest BCUT2D eigenvalue weighted by atomic mass is 35.5. The molecule has 1 aromatic carbocycles. The SMILES string of the molecule is CCCOCCCNCc1cc([N+](=O)[O-])ccc1Cl. The lowest BCUT2D eigenvalue weighted by Crippen LogP contribution is -2.16. The molecule has 1 rings (SSSR count). The summed E-state index contributed by atoms with van der Waals surface area (Å²) in [4.78, 5) is 10.2. The fraction of sp³-hybridized carbons (Fsp3) is 0.538. The van der Waals surface area contributed by atoms with Crippen molar-refractivity contribution >= 4 is 17.3 Å². The molecule has 5 nitrogen and oxygen atoms in total. The second-order valence-electron chi connectivity index (χ2n) is 4.18. The summed E-state index contributed by atoms with van der Waals surface area (Å²) in [5.74, 6) is 0. The van der Waals surface area contributed by atoms with E-state index in [2.05, 4.69) is 12.2 Å². The van der Waals surface area contributed by atoms with Crippen molar-refractivity contribution in [3.8, 4) is 0 Å². The van der Waals surface area contributed by atoms with Gasteiger partial charge < -0.3 is 10.1 Å². The molecule has 106 valence electrons. The molecule has 1 aromatic rings. The second kappa shape index (κ2) is 8.85. The number of nitrogens with zero attached hydrogens (tertiary/aromatic N) is 1. The average molecular weight is 287 g/mol. The molecular weight excluding hydrogens is 268 g/mol. The minimum absolute atomic E-state index is 0.0625. The van der Waals surface area contributed by atoms with E-state index in [9.17, 15) is 10.1 Å². The van der Waals surface area contributed by atoms with E-state index in [0.717, 1.165) is 38.2 Å². The molecule has 0 bridgehead atoms.